The van der Waals surface area contributed by atoms with E-state index in [0.717, 1.165) is 16.8 Å². The topological polar surface area (TPSA) is 106 Å². The molecule has 2 aromatic carbocycles. The number of aryl methyl sites for hydroxylation is 2. The van der Waals surface area contributed by atoms with E-state index in [9.17, 15) is 13.2 Å². The molecule has 36 heavy (non-hydrogen) atoms. The molecular weight excluding hydrogens is 478 g/mol. The van der Waals surface area contributed by atoms with Crippen molar-refractivity contribution in [3.05, 3.63) is 83.9 Å². The zero-order chi connectivity index (χ0) is 24.9. The van der Waals surface area contributed by atoms with E-state index in [0.29, 0.717) is 54.8 Å². The van der Waals surface area contributed by atoms with Gasteiger partial charge in [0.1, 0.15) is 17.4 Å². The standard InChI is InChI=1S/C26H23N5O4S/c1-17-27-23(30-11-2-3-12-30)16-24(28-17)35-21-7-5-20(6-8-21)29-36(33,34)22-14-18-4-9-25(32)31-13-10-19(15-22)26(18)31/h2-3,5-8,11-12,14-16,29H,4,9-10,13H2,1H3. The lowest BCUT2D eigenvalue weighted by atomic mass is 10.00. The maximum absolute atomic E-state index is 13.2. The Kier molecular flexibility index (Phi) is 5.26. The fraction of sp³-hybridized carbons (Fsp3) is 0.192. The van der Waals surface area contributed by atoms with Crippen molar-refractivity contribution in [3.63, 3.8) is 0 Å². The summed E-state index contributed by atoms with van der Waals surface area (Å²) in [5.41, 5.74) is 3.13. The first kappa shape index (κ1) is 22.3. The number of benzene rings is 2. The molecule has 0 aliphatic carbocycles. The molecule has 1 amide bonds. The van der Waals surface area contributed by atoms with Gasteiger partial charge in [0.15, 0.2) is 0 Å². The number of rotatable bonds is 6. The van der Waals surface area contributed by atoms with Crippen LogP contribution in [-0.2, 0) is 27.7 Å². The van der Waals surface area contributed by atoms with Gasteiger partial charge in [0.25, 0.3) is 10.0 Å². The SMILES string of the molecule is Cc1nc(Oc2ccc(NS(=O)(=O)c3cc4c5c(c3)CCN5C(=O)CC4)cc2)cc(-n2cccc2)n1. The molecule has 0 radical (unpaired) electrons. The quantitative estimate of drug-likeness (QED) is 0.428. The highest BCUT2D eigenvalue weighted by molar-refractivity contribution is 7.92. The van der Waals surface area contributed by atoms with Crippen LogP contribution in [0.5, 0.6) is 11.6 Å². The highest BCUT2D eigenvalue weighted by atomic mass is 32.2. The van der Waals surface area contributed by atoms with E-state index >= 15 is 0 Å². The van der Waals surface area contributed by atoms with Gasteiger partial charge >= 0.3 is 0 Å². The van der Waals surface area contributed by atoms with Gasteiger partial charge in [-0.05, 0) is 79.4 Å². The normalized spacial score (nSPS) is 14.6. The number of anilines is 2. The first-order chi connectivity index (χ1) is 17.4. The van der Waals surface area contributed by atoms with Crippen LogP contribution in [-0.4, -0.2) is 35.4 Å². The Hall–Kier alpha value is -4.18. The summed E-state index contributed by atoms with van der Waals surface area (Å²) < 4.78 is 36.7. The van der Waals surface area contributed by atoms with Gasteiger partial charge in [0.05, 0.1) is 10.6 Å². The maximum Gasteiger partial charge on any atom is 0.261 e. The summed E-state index contributed by atoms with van der Waals surface area (Å²) in [4.78, 5) is 22.9. The number of sulfonamides is 1. The number of amides is 1. The molecule has 0 saturated carbocycles. The summed E-state index contributed by atoms with van der Waals surface area (Å²) in [6.45, 7) is 2.40. The Morgan fingerprint density at radius 1 is 0.944 bits per heavy atom. The third-order valence-electron chi connectivity index (χ3n) is 6.33. The van der Waals surface area contributed by atoms with E-state index in [1.54, 1.807) is 54.3 Å². The Morgan fingerprint density at radius 3 is 2.42 bits per heavy atom. The van der Waals surface area contributed by atoms with E-state index in [2.05, 4.69) is 14.7 Å². The number of aromatic nitrogens is 3. The average Bonchev–Trinajstić information content (AvgIpc) is 3.54. The van der Waals surface area contributed by atoms with Crippen LogP contribution < -0.4 is 14.4 Å². The highest BCUT2D eigenvalue weighted by Gasteiger charge is 2.33. The fourth-order valence-corrected chi connectivity index (χ4v) is 5.86. The van der Waals surface area contributed by atoms with Crippen LogP contribution in [0.3, 0.4) is 0 Å². The summed E-state index contributed by atoms with van der Waals surface area (Å²) in [7, 11) is -3.80. The van der Waals surface area contributed by atoms with Gasteiger partial charge in [-0.15, -0.1) is 0 Å². The zero-order valence-electron chi connectivity index (χ0n) is 19.5. The number of hydrogen-bond acceptors (Lipinski definition) is 6. The van der Waals surface area contributed by atoms with Crippen LogP contribution in [0.2, 0.25) is 0 Å². The first-order valence-electron chi connectivity index (χ1n) is 11.6. The fourth-order valence-electron chi connectivity index (χ4n) is 4.70. The molecule has 0 spiro atoms. The van der Waals surface area contributed by atoms with Crippen LogP contribution in [0.15, 0.2) is 71.9 Å². The van der Waals surface area contributed by atoms with Crippen molar-refractivity contribution < 1.29 is 17.9 Å². The van der Waals surface area contributed by atoms with E-state index in [4.69, 9.17) is 4.74 Å². The summed E-state index contributed by atoms with van der Waals surface area (Å²) in [5, 5.41) is 0. The molecule has 6 rings (SSSR count). The Bertz CT molecular complexity index is 1580. The molecular formula is C26H23N5O4S. The largest absolute Gasteiger partial charge is 0.439 e. The van der Waals surface area contributed by atoms with Crippen LogP contribution in [0.4, 0.5) is 11.4 Å². The minimum Gasteiger partial charge on any atom is -0.439 e. The van der Waals surface area contributed by atoms with Crippen molar-refractivity contribution in [1.29, 1.82) is 0 Å². The number of nitrogens with zero attached hydrogens (tertiary/aromatic N) is 4. The predicted octanol–water partition coefficient (Wildman–Crippen LogP) is 4.00. The molecule has 0 unspecified atom stereocenters. The minimum absolute atomic E-state index is 0.107. The molecule has 4 heterocycles. The van der Waals surface area contributed by atoms with Crippen LogP contribution in [0.1, 0.15) is 23.4 Å². The molecule has 10 heteroatoms. The maximum atomic E-state index is 13.2. The second-order valence-electron chi connectivity index (χ2n) is 8.82. The monoisotopic (exact) mass is 501 g/mol. The molecule has 4 aromatic rings. The molecule has 0 atom stereocenters. The van der Waals surface area contributed by atoms with Crippen molar-refractivity contribution in [3.8, 4) is 17.4 Å². The second-order valence-corrected chi connectivity index (χ2v) is 10.5. The number of nitrogens with one attached hydrogen (secondary N) is 1. The van der Waals surface area contributed by atoms with E-state index in [-0.39, 0.29) is 10.8 Å². The van der Waals surface area contributed by atoms with Crippen molar-refractivity contribution in [1.82, 2.24) is 14.5 Å². The number of hydrogen-bond donors (Lipinski definition) is 1. The Morgan fingerprint density at radius 2 is 1.67 bits per heavy atom. The van der Waals surface area contributed by atoms with E-state index in [1.165, 1.54) is 0 Å². The molecule has 2 aliphatic heterocycles. The van der Waals surface area contributed by atoms with Gasteiger partial charge in [-0.25, -0.2) is 13.4 Å². The Labute approximate surface area is 208 Å². The van der Waals surface area contributed by atoms with Crippen molar-refractivity contribution >= 4 is 27.3 Å². The third-order valence-corrected chi connectivity index (χ3v) is 7.70. The molecule has 0 fully saturated rings. The lowest BCUT2D eigenvalue weighted by Crippen LogP contribution is -2.33. The van der Waals surface area contributed by atoms with Crippen LogP contribution in [0.25, 0.3) is 5.82 Å². The molecule has 2 aromatic heterocycles. The lowest BCUT2D eigenvalue weighted by Gasteiger charge is -2.25. The summed E-state index contributed by atoms with van der Waals surface area (Å²) in [6.07, 6.45) is 5.40. The minimum atomic E-state index is -3.80. The summed E-state index contributed by atoms with van der Waals surface area (Å²) in [5.74, 6) is 2.27. The zero-order valence-corrected chi connectivity index (χ0v) is 20.3. The molecule has 9 nitrogen and oxygen atoms in total. The Balaban J connectivity index is 1.20. The first-order valence-corrected chi connectivity index (χ1v) is 13.1. The lowest BCUT2D eigenvalue weighted by molar-refractivity contribution is -0.118. The number of ether oxygens (including phenoxy) is 1. The van der Waals surface area contributed by atoms with Crippen LogP contribution in [0, 0.1) is 6.92 Å². The van der Waals surface area contributed by atoms with Crippen molar-refractivity contribution in [2.45, 2.75) is 31.1 Å². The molecule has 0 bridgehead atoms. The smallest absolute Gasteiger partial charge is 0.261 e. The second kappa shape index (κ2) is 8.49. The molecule has 2 aliphatic rings. The van der Waals surface area contributed by atoms with Gasteiger partial charge < -0.3 is 14.2 Å². The average molecular weight is 502 g/mol. The highest BCUT2D eigenvalue weighted by Crippen LogP contribution is 2.38. The van der Waals surface area contributed by atoms with E-state index < -0.39 is 10.0 Å². The third kappa shape index (κ3) is 4.09. The van der Waals surface area contributed by atoms with Crippen molar-refractivity contribution in [2.75, 3.05) is 16.2 Å². The van der Waals surface area contributed by atoms with E-state index in [1.807, 2.05) is 29.1 Å². The predicted molar refractivity (Wildman–Crippen MR) is 134 cm³/mol. The number of carbonyl (C=O) groups is 1. The van der Waals surface area contributed by atoms with Crippen molar-refractivity contribution in [2.24, 2.45) is 0 Å². The van der Waals surface area contributed by atoms with Crippen LogP contribution >= 0.6 is 0 Å². The van der Waals surface area contributed by atoms with Gasteiger partial charge in [0.2, 0.25) is 11.8 Å². The molecule has 0 saturated heterocycles. The molecule has 1 N–H and O–H groups in total. The summed E-state index contributed by atoms with van der Waals surface area (Å²) in [6, 6.07) is 15.6. The van der Waals surface area contributed by atoms with Gasteiger partial charge in [0, 0.05) is 37.1 Å². The molecule has 182 valence electrons. The van der Waals surface area contributed by atoms with Gasteiger partial charge in [-0.3, -0.25) is 9.52 Å². The van der Waals surface area contributed by atoms with Gasteiger partial charge in [-0.2, -0.15) is 4.98 Å². The number of carbonyl (C=O) groups excluding carboxylic acids is 1. The van der Waals surface area contributed by atoms with Gasteiger partial charge in [-0.1, -0.05) is 0 Å². The summed E-state index contributed by atoms with van der Waals surface area (Å²) >= 11 is 0.